The molecule has 1 nitrogen and oxygen atoms in total. The average Bonchev–Trinajstić information content (AvgIpc) is 2.55. The van der Waals surface area contributed by atoms with Crippen molar-refractivity contribution >= 4 is 11.3 Å². The van der Waals surface area contributed by atoms with E-state index in [0.29, 0.717) is 0 Å². The maximum Gasteiger partial charge on any atom is 0.0203 e. The lowest BCUT2D eigenvalue weighted by Crippen LogP contribution is -2.41. The zero-order valence-electron chi connectivity index (χ0n) is 8.67. The fraction of sp³-hybridized carbons (Fsp3) is 0.667. The van der Waals surface area contributed by atoms with Crippen LogP contribution in [0.5, 0.6) is 0 Å². The fourth-order valence-electron chi connectivity index (χ4n) is 2.37. The lowest BCUT2D eigenvalue weighted by molar-refractivity contribution is 0.371. The third kappa shape index (κ3) is 2.58. The molecule has 0 amide bonds. The van der Waals surface area contributed by atoms with Crippen LogP contribution >= 0.6 is 11.3 Å². The van der Waals surface area contributed by atoms with E-state index in [2.05, 4.69) is 17.5 Å². The van der Waals surface area contributed by atoms with Gasteiger partial charge < -0.3 is 5.73 Å². The Morgan fingerprint density at radius 2 is 1.93 bits per heavy atom. The summed E-state index contributed by atoms with van der Waals surface area (Å²) in [6, 6.07) is 4.34. The second kappa shape index (κ2) is 4.45. The van der Waals surface area contributed by atoms with E-state index in [1.807, 2.05) is 11.3 Å². The number of rotatable bonds is 2. The number of nitrogens with two attached hydrogens (primary N) is 1. The normalized spacial score (nSPS) is 21.8. The van der Waals surface area contributed by atoms with Crippen molar-refractivity contribution in [1.82, 2.24) is 0 Å². The minimum Gasteiger partial charge on any atom is -0.325 e. The molecule has 14 heavy (non-hydrogen) atoms. The number of hydrogen-bond acceptors (Lipinski definition) is 2. The molecule has 1 fully saturated rings. The first kappa shape index (κ1) is 10.2. The Morgan fingerprint density at radius 3 is 2.50 bits per heavy atom. The smallest absolute Gasteiger partial charge is 0.0203 e. The van der Waals surface area contributed by atoms with Gasteiger partial charge in [-0.1, -0.05) is 31.7 Å². The lowest BCUT2D eigenvalue weighted by Gasteiger charge is -2.27. The van der Waals surface area contributed by atoms with Gasteiger partial charge in [0.05, 0.1) is 0 Å². The molecule has 2 N–H and O–H groups in total. The van der Waals surface area contributed by atoms with Crippen LogP contribution < -0.4 is 5.73 Å². The van der Waals surface area contributed by atoms with Crippen molar-refractivity contribution in [3.63, 3.8) is 0 Å². The Kier molecular flexibility index (Phi) is 3.24. The van der Waals surface area contributed by atoms with Gasteiger partial charge in [0.1, 0.15) is 0 Å². The molecule has 1 aromatic heterocycles. The molecule has 1 heterocycles. The third-order valence-electron chi connectivity index (χ3n) is 3.21. The van der Waals surface area contributed by atoms with Crippen molar-refractivity contribution in [3.8, 4) is 0 Å². The van der Waals surface area contributed by atoms with Gasteiger partial charge in [0.25, 0.3) is 0 Å². The summed E-state index contributed by atoms with van der Waals surface area (Å²) < 4.78 is 0. The summed E-state index contributed by atoms with van der Waals surface area (Å²) in [6.07, 6.45) is 8.91. The molecule has 1 aliphatic rings. The second-order valence-electron chi connectivity index (χ2n) is 4.53. The van der Waals surface area contributed by atoms with Gasteiger partial charge in [0.15, 0.2) is 0 Å². The highest BCUT2D eigenvalue weighted by molar-refractivity contribution is 7.09. The minimum absolute atomic E-state index is 0.0986. The molecule has 0 unspecified atom stereocenters. The van der Waals surface area contributed by atoms with Crippen LogP contribution in [-0.4, -0.2) is 5.54 Å². The molecule has 78 valence electrons. The lowest BCUT2D eigenvalue weighted by atomic mass is 9.87. The van der Waals surface area contributed by atoms with Crippen LogP contribution in [0.2, 0.25) is 0 Å². The summed E-state index contributed by atoms with van der Waals surface area (Å²) in [5.74, 6) is 0. The van der Waals surface area contributed by atoms with Gasteiger partial charge in [0.2, 0.25) is 0 Å². The van der Waals surface area contributed by atoms with Crippen LogP contribution in [0.4, 0.5) is 0 Å². The molecule has 0 bridgehead atoms. The van der Waals surface area contributed by atoms with Crippen LogP contribution in [0.1, 0.15) is 43.4 Å². The van der Waals surface area contributed by atoms with Crippen LogP contribution in [0, 0.1) is 0 Å². The van der Waals surface area contributed by atoms with Gasteiger partial charge in [-0.3, -0.25) is 0 Å². The van der Waals surface area contributed by atoms with E-state index in [1.54, 1.807) is 0 Å². The molecule has 2 rings (SSSR count). The Hall–Kier alpha value is -0.340. The predicted molar refractivity (Wildman–Crippen MR) is 62.6 cm³/mol. The molecule has 1 aromatic rings. The first-order chi connectivity index (χ1) is 6.79. The van der Waals surface area contributed by atoms with Crippen LogP contribution in [0.3, 0.4) is 0 Å². The van der Waals surface area contributed by atoms with Crippen LogP contribution in [0.25, 0.3) is 0 Å². The highest BCUT2D eigenvalue weighted by atomic mass is 32.1. The van der Waals surface area contributed by atoms with Crippen molar-refractivity contribution in [1.29, 1.82) is 0 Å². The van der Waals surface area contributed by atoms with Crippen LogP contribution in [-0.2, 0) is 6.42 Å². The topological polar surface area (TPSA) is 26.0 Å². The molecule has 0 atom stereocenters. The number of hydrogen-bond donors (Lipinski definition) is 1. The molecule has 0 aromatic carbocycles. The van der Waals surface area contributed by atoms with E-state index in [9.17, 15) is 0 Å². The van der Waals surface area contributed by atoms with E-state index in [0.717, 1.165) is 6.42 Å². The summed E-state index contributed by atoms with van der Waals surface area (Å²) in [4.78, 5) is 1.45. The Balaban J connectivity index is 1.99. The molecular formula is C12H19NS. The summed E-state index contributed by atoms with van der Waals surface area (Å²) in [5.41, 5.74) is 6.56. The summed E-state index contributed by atoms with van der Waals surface area (Å²) in [7, 11) is 0. The predicted octanol–water partition coefficient (Wildman–Crippen LogP) is 3.34. The van der Waals surface area contributed by atoms with E-state index in [4.69, 9.17) is 5.73 Å². The third-order valence-corrected chi connectivity index (χ3v) is 4.08. The SMILES string of the molecule is NC1(Cc2cccs2)CCCCCC1. The maximum absolute atomic E-state index is 6.46. The highest BCUT2D eigenvalue weighted by Crippen LogP contribution is 2.29. The molecule has 0 saturated heterocycles. The van der Waals surface area contributed by atoms with Crippen molar-refractivity contribution < 1.29 is 0 Å². The first-order valence-corrected chi connectivity index (χ1v) is 6.48. The molecular weight excluding hydrogens is 190 g/mol. The Bertz CT molecular complexity index is 258. The highest BCUT2D eigenvalue weighted by Gasteiger charge is 2.26. The van der Waals surface area contributed by atoms with Gasteiger partial charge in [-0.05, 0) is 30.7 Å². The first-order valence-electron chi connectivity index (χ1n) is 5.60. The fourth-order valence-corrected chi connectivity index (χ4v) is 3.23. The Labute approximate surface area is 90.3 Å². The maximum atomic E-state index is 6.46. The van der Waals surface area contributed by atoms with Gasteiger partial charge >= 0.3 is 0 Å². The van der Waals surface area contributed by atoms with Gasteiger partial charge in [0, 0.05) is 10.4 Å². The zero-order chi connectivity index (χ0) is 9.86. The standard InChI is InChI=1S/C12H19NS/c13-12(7-3-1-2-4-8-12)10-11-6-5-9-14-11/h5-6,9H,1-4,7-8,10,13H2. The van der Waals surface area contributed by atoms with Gasteiger partial charge in [-0.25, -0.2) is 0 Å². The Morgan fingerprint density at radius 1 is 1.21 bits per heavy atom. The monoisotopic (exact) mass is 209 g/mol. The van der Waals surface area contributed by atoms with Gasteiger partial charge in [-0.2, -0.15) is 0 Å². The van der Waals surface area contributed by atoms with Crippen molar-refractivity contribution in [2.24, 2.45) is 5.73 Å². The van der Waals surface area contributed by atoms with Crippen LogP contribution in [0.15, 0.2) is 17.5 Å². The van der Waals surface area contributed by atoms with Crippen molar-refractivity contribution in [2.45, 2.75) is 50.5 Å². The molecule has 1 aliphatic carbocycles. The summed E-state index contributed by atoms with van der Waals surface area (Å²) in [5, 5.41) is 2.15. The van der Waals surface area contributed by atoms with Crippen molar-refractivity contribution in [2.75, 3.05) is 0 Å². The molecule has 0 aliphatic heterocycles. The molecule has 1 saturated carbocycles. The largest absolute Gasteiger partial charge is 0.325 e. The van der Waals surface area contributed by atoms with E-state index in [1.165, 1.54) is 43.4 Å². The molecule has 0 spiro atoms. The van der Waals surface area contributed by atoms with E-state index >= 15 is 0 Å². The minimum atomic E-state index is 0.0986. The van der Waals surface area contributed by atoms with Gasteiger partial charge in [-0.15, -0.1) is 11.3 Å². The number of thiophene rings is 1. The van der Waals surface area contributed by atoms with Crippen molar-refractivity contribution in [3.05, 3.63) is 22.4 Å². The van der Waals surface area contributed by atoms with E-state index < -0.39 is 0 Å². The molecule has 0 radical (unpaired) electrons. The second-order valence-corrected chi connectivity index (χ2v) is 5.56. The average molecular weight is 209 g/mol. The molecule has 2 heteroatoms. The quantitative estimate of drug-likeness (QED) is 0.743. The summed E-state index contributed by atoms with van der Waals surface area (Å²) >= 11 is 1.84. The summed E-state index contributed by atoms with van der Waals surface area (Å²) in [6.45, 7) is 0. The van der Waals surface area contributed by atoms with E-state index in [-0.39, 0.29) is 5.54 Å². The zero-order valence-corrected chi connectivity index (χ0v) is 9.48.